The van der Waals surface area contributed by atoms with Gasteiger partial charge in [0.15, 0.2) is 0 Å². The van der Waals surface area contributed by atoms with Gasteiger partial charge in [0.25, 0.3) is 0 Å². The number of rotatable bonds is 3. The van der Waals surface area contributed by atoms with Gasteiger partial charge in [-0.25, -0.2) is 14.8 Å². The highest BCUT2D eigenvalue weighted by atomic mass is 32.2. The van der Waals surface area contributed by atoms with Crippen molar-refractivity contribution in [2.45, 2.75) is 31.1 Å². The molecule has 2 aromatic carbocycles. The van der Waals surface area contributed by atoms with Crippen LogP contribution >= 0.6 is 0 Å². The van der Waals surface area contributed by atoms with Crippen molar-refractivity contribution in [1.82, 2.24) is 20.2 Å². The lowest BCUT2D eigenvalue weighted by Crippen LogP contribution is -2.49. The number of nitrogens with zero attached hydrogens (tertiary/aromatic N) is 4. The lowest BCUT2D eigenvalue weighted by Gasteiger charge is -2.37. The van der Waals surface area contributed by atoms with E-state index in [-0.39, 0.29) is 5.16 Å². The van der Waals surface area contributed by atoms with Gasteiger partial charge in [0, 0.05) is 49.1 Å². The summed E-state index contributed by atoms with van der Waals surface area (Å²) in [5, 5.41) is 15.7. The van der Waals surface area contributed by atoms with Crippen molar-refractivity contribution >= 4 is 33.4 Å². The van der Waals surface area contributed by atoms with E-state index in [1.54, 1.807) is 6.26 Å². The van der Waals surface area contributed by atoms with Gasteiger partial charge >= 0.3 is 6.09 Å². The Morgan fingerprint density at radius 1 is 1.18 bits per heavy atom. The average molecular weight is 466 g/mol. The van der Waals surface area contributed by atoms with Crippen LogP contribution in [0, 0.1) is 6.92 Å². The monoisotopic (exact) mass is 465 g/mol. The number of anilines is 1. The van der Waals surface area contributed by atoms with Gasteiger partial charge in [-0.2, -0.15) is 0 Å². The second-order valence-electron chi connectivity index (χ2n) is 8.59. The molecule has 0 aliphatic carbocycles. The van der Waals surface area contributed by atoms with Crippen LogP contribution < -0.4 is 10.2 Å². The van der Waals surface area contributed by atoms with Gasteiger partial charge in [-0.3, -0.25) is 9.11 Å². The Morgan fingerprint density at radius 3 is 2.73 bits per heavy atom. The molecule has 0 spiro atoms. The summed E-state index contributed by atoms with van der Waals surface area (Å²) in [6.45, 7) is 4.95. The van der Waals surface area contributed by atoms with E-state index in [1.165, 1.54) is 21.2 Å². The fraction of sp³-hybridized carbons (Fsp3) is 0.375. The Bertz CT molecular complexity index is 1260. The summed E-state index contributed by atoms with van der Waals surface area (Å²) in [7, 11) is -1.37. The molecule has 33 heavy (non-hydrogen) atoms. The van der Waals surface area contributed by atoms with E-state index >= 15 is 0 Å². The molecule has 2 atom stereocenters. The summed E-state index contributed by atoms with van der Waals surface area (Å²) < 4.78 is 12.4. The molecule has 8 nitrogen and oxygen atoms in total. The Hall–Kier alpha value is -3.04. The number of amides is 1. The number of aromatic nitrogens is 2. The maximum absolute atomic E-state index is 12.4. The molecule has 2 unspecified atom stereocenters. The molecule has 3 aromatic rings. The molecule has 0 radical (unpaired) electrons. The molecular weight excluding hydrogens is 438 g/mol. The first-order chi connectivity index (χ1) is 15.9. The van der Waals surface area contributed by atoms with E-state index < -0.39 is 22.9 Å². The molecule has 0 saturated carbocycles. The Kier molecular flexibility index (Phi) is 5.76. The summed E-state index contributed by atoms with van der Waals surface area (Å²) in [6, 6.07) is 12.2. The first-order valence-electron chi connectivity index (χ1n) is 11.1. The van der Waals surface area contributed by atoms with Crippen LogP contribution in [-0.4, -0.2) is 62.7 Å². The predicted octanol–water partition coefficient (Wildman–Crippen LogP) is 2.86. The van der Waals surface area contributed by atoms with Gasteiger partial charge in [0.2, 0.25) is 5.16 Å². The van der Waals surface area contributed by atoms with Crippen molar-refractivity contribution in [2.75, 3.05) is 37.3 Å². The Morgan fingerprint density at radius 2 is 1.97 bits per heavy atom. The van der Waals surface area contributed by atoms with Crippen molar-refractivity contribution in [3.8, 4) is 0 Å². The molecule has 2 aliphatic rings. The Balaban J connectivity index is 1.59. The van der Waals surface area contributed by atoms with E-state index in [9.17, 15) is 14.1 Å². The number of fused-ring (bicyclic) bond motifs is 2. The number of carbonyl (C=O) groups is 1. The van der Waals surface area contributed by atoms with Crippen molar-refractivity contribution < 1.29 is 14.1 Å². The SMILES string of the molecule is Cc1cccc2cccc(N3CCc4c(nc(S(C)=O)nc4C4CNCCN4C(=O)O)C3)c12. The zero-order chi connectivity index (χ0) is 23.1. The fourth-order valence-electron chi connectivity index (χ4n) is 4.99. The standard InChI is InChI=1S/C24H27N5O3S/c1-15-5-3-6-16-7-4-8-19(21(15)16)28-11-9-17-18(14-28)26-23(33(2)32)27-22(17)20-13-25-10-12-29(20)24(30)31/h3-8,20,25H,9-14H2,1-2H3,(H,30,31). The van der Waals surface area contributed by atoms with Gasteiger partial charge in [-0.1, -0.05) is 30.3 Å². The average Bonchev–Trinajstić information content (AvgIpc) is 2.82. The molecule has 1 saturated heterocycles. The van der Waals surface area contributed by atoms with Gasteiger partial charge in [0.05, 0.1) is 34.8 Å². The number of aryl methyl sites for hydroxylation is 1. The zero-order valence-electron chi connectivity index (χ0n) is 18.7. The van der Waals surface area contributed by atoms with Crippen molar-refractivity contribution in [3.63, 3.8) is 0 Å². The second kappa shape index (κ2) is 8.72. The van der Waals surface area contributed by atoms with Crippen LogP contribution in [0.4, 0.5) is 10.5 Å². The second-order valence-corrected chi connectivity index (χ2v) is 9.86. The molecule has 5 rings (SSSR count). The highest BCUT2D eigenvalue weighted by molar-refractivity contribution is 7.84. The van der Waals surface area contributed by atoms with Crippen molar-refractivity contribution in [1.29, 1.82) is 0 Å². The highest BCUT2D eigenvalue weighted by Gasteiger charge is 2.34. The van der Waals surface area contributed by atoms with Crippen LogP contribution in [-0.2, 0) is 23.8 Å². The number of nitrogens with one attached hydrogen (secondary N) is 1. The van der Waals surface area contributed by atoms with Crippen molar-refractivity contribution in [2.24, 2.45) is 0 Å². The lowest BCUT2D eigenvalue weighted by atomic mass is 9.96. The van der Waals surface area contributed by atoms with E-state index in [0.29, 0.717) is 38.3 Å². The summed E-state index contributed by atoms with van der Waals surface area (Å²) in [5.74, 6) is 0. The van der Waals surface area contributed by atoms with Gasteiger partial charge < -0.3 is 15.3 Å². The molecular formula is C24H27N5O3S. The molecule has 1 aromatic heterocycles. The van der Waals surface area contributed by atoms with Gasteiger partial charge in [-0.15, -0.1) is 0 Å². The van der Waals surface area contributed by atoms with Crippen LogP contribution in [0.15, 0.2) is 41.6 Å². The Labute approximate surface area is 195 Å². The van der Waals surface area contributed by atoms with Crippen LogP contribution in [0.5, 0.6) is 0 Å². The zero-order valence-corrected chi connectivity index (χ0v) is 19.6. The van der Waals surface area contributed by atoms with Crippen LogP contribution in [0.1, 0.15) is 28.6 Å². The minimum absolute atomic E-state index is 0.260. The molecule has 2 N–H and O–H groups in total. The number of piperazine rings is 1. The first-order valence-corrected chi connectivity index (χ1v) is 12.7. The third-order valence-corrected chi connectivity index (χ3v) is 7.27. The van der Waals surface area contributed by atoms with E-state index in [4.69, 9.17) is 0 Å². The van der Waals surface area contributed by atoms with E-state index in [2.05, 4.69) is 63.5 Å². The lowest BCUT2D eigenvalue weighted by molar-refractivity contribution is 0.110. The number of carboxylic acid groups (broad SMARTS) is 1. The summed E-state index contributed by atoms with van der Waals surface area (Å²) in [6.07, 6.45) is 1.30. The topological polar surface area (TPSA) is 98.7 Å². The highest BCUT2D eigenvalue weighted by Crippen LogP contribution is 2.35. The van der Waals surface area contributed by atoms with E-state index in [1.807, 2.05) is 0 Å². The molecule has 2 aliphatic heterocycles. The van der Waals surface area contributed by atoms with Crippen LogP contribution in [0.25, 0.3) is 10.8 Å². The number of hydrogen-bond acceptors (Lipinski definition) is 6. The fourth-order valence-corrected chi connectivity index (χ4v) is 5.46. The maximum Gasteiger partial charge on any atom is 0.407 e. The molecule has 9 heteroatoms. The molecule has 172 valence electrons. The minimum Gasteiger partial charge on any atom is -0.465 e. The smallest absolute Gasteiger partial charge is 0.407 e. The first kappa shape index (κ1) is 21.8. The summed E-state index contributed by atoms with van der Waals surface area (Å²) >= 11 is 0. The summed E-state index contributed by atoms with van der Waals surface area (Å²) in [4.78, 5) is 25.0. The third kappa shape index (κ3) is 3.95. The number of hydrogen-bond donors (Lipinski definition) is 2. The van der Waals surface area contributed by atoms with Gasteiger partial charge in [-0.05, 0) is 30.4 Å². The largest absolute Gasteiger partial charge is 0.465 e. The quantitative estimate of drug-likeness (QED) is 0.574. The van der Waals surface area contributed by atoms with Gasteiger partial charge in [0.1, 0.15) is 0 Å². The van der Waals surface area contributed by atoms with Crippen LogP contribution in [0.2, 0.25) is 0 Å². The van der Waals surface area contributed by atoms with E-state index in [0.717, 1.165) is 23.5 Å². The van der Waals surface area contributed by atoms with Crippen molar-refractivity contribution in [3.05, 3.63) is 58.9 Å². The van der Waals surface area contributed by atoms with Crippen LogP contribution in [0.3, 0.4) is 0 Å². The normalized spacial score (nSPS) is 19.4. The summed E-state index contributed by atoms with van der Waals surface area (Å²) in [5.41, 5.74) is 4.88. The maximum atomic E-state index is 12.4. The predicted molar refractivity (Wildman–Crippen MR) is 128 cm³/mol. The molecule has 1 fully saturated rings. The third-order valence-electron chi connectivity index (χ3n) is 6.57. The molecule has 0 bridgehead atoms. The molecule has 1 amide bonds. The molecule has 3 heterocycles. The number of benzene rings is 2. The minimum atomic E-state index is -1.37.